The summed E-state index contributed by atoms with van der Waals surface area (Å²) >= 11 is 0. The van der Waals surface area contributed by atoms with Crippen molar-refractivity contribution >= 4 is 12.0 Å². The number of hydrogen-bond acceptors (Lipinski definition) is 7. The van der Waals surface area contributed by atoms with Crippen molar-refractivity contribution in [2.75, 3.05) is 12.5 Å². The van der Waals surface area contributed by atoms with E-state index in [2.05, 4.69) is 25.7 Å². The zero-order chi connectivity index (χ0) is 16.8. The second-order valence-electron chi connectivity index (χ2n) is 5.02. The molecule has 2 aromatic rings. The zero-order valence-corrected chi connectivity index (χ0v) is 13.5. The van der Waals surface area contributed by atoms with E-state index in [-0.39, 0.29) is 6.10 Å². The van der Waals surface area contributed by atoms with Gasteiger partial charge in [0, 0.05) is 0 Å². The standard InChI is InChI=1S/C15H19N5O3/c1-9(2)23-12-6-5-11(7-13(12)22-4)8-16-19-14-10(3)18-20-15(21)17-14/h5-9H,1-4H3,(H2,17,19,20,21). The largest absolute Gasteiger partial charge is 0.493 e. The summed E-state index contributed by atoms with van der Waals surface area (Å²) in [5.41, 5.74) is 3.50. The van der Waals surface area contributed by atoms with Gasteiger partial charge in [-0.1, -0.05) is 0 Å². The van der Waals surface area contributed by atoms with Crippen LogP contribution < -0.4 is 20.6 Å². The number of benzene rings is 1. The van der Waals surface area contributed by atoms with Crippen molar-refractivity contribution in [1.29, 1.82) is 0 Å². The third-order valence-electron chi connectivity index (χ3n) is 2.81. The van der Waals surface area contributed by atoms with Crippen molar-refractivity contribution in [3.05, 3.63) is 39.9 Å². The van der Waals surface area contributed by atoms with Crippen molar-refractivity contribution in [3.63, 3.8) is 0 Å². The van der Waals surface area contributed by atoms with Crippen LogP contribution in [0.2, 0.25) is 0 Å². The summed E-state index contributed by atoms with van der Waals surface area (Å²) < 4.78 is 11.0. The highest BCUT2D eigenvalue weighted by Crippen LogP contribution is 2.28. The minimum atomic E-state index is -0.537. The van der Waals surface area contributed by atoms with E-state index >= 15 is 0 Å². The van der Waals surface area contributed by atoms with E-state index in [0.29, 0.717) is 23.0 Å². The highest BCUT2D eigenvalue weighted by atomic mass is 16.5. The molecule has 8 nitrogen and oxygen atoms in total. The Labute approximate surface area is 133 Å². The molecular formula is C15H19N5O3. The second-order valence-corrected chi connectivity index (χ2v) is 5.02. The van der Waals surface area contributed by atoms with E-state index in [1.807, 2.05) is 26.0 Å². The molecule has 2 rings (SSSR count). The Kier molecular flexibility index (Phi) is 5.29. The molecule has 0 aliphatic carbocycles. The van der Waals surface area contributed by atoms with E-state index < -0.39 is 5.69 Å². The molecule has 0 saturated heterocycles. The van der Waals surface area contributed by atoms with Crippen molar-refractivity contribution < 1.29 is 9.47 Å². The molecule has 1 aromatic heterocycles. The van der Waals surface area contributed by atoms with Crippen LogP contribution in [0, 0.1) is 6.92 Å². The van der Waals surface area contributed by atoms with Gasteiger partial charge in [0.05, 0.1) is 19.4 Å². The van der Waals surface area contributed by atoms with Gasteiger partial charge in [-0.2, -0.15) is 15.2 Å². The molecule has 0 saturated carbocycles. The van der Waals surface area contributed by atoms with Gasteiger partial charge >= 0.3 is 5.69 Å². The van der Waals surface area contributed by atoms with Crippen LogP contribution in [0.4, 0.5) is 5.82 Å². The number of anilines is 1. The van der Waals surface area contributed by atoms with Crippen LogP contribution in [0.3, 0.4) is 0 Å². The van der Waals surface area contributed by atoms with Gasteiger partial charge in [-0.15, -0.1) is 0 Å². The quantitative estimate of drug-likeness (QED) is 0.621. The van der Waals surface area contributed by atoms with Crippen molar-refractivity contribution in [3.8, 4) is 11.5 Å². The minimum absolute atomic E-state index is 0.0582. The number of methoxy groups -OCH3 is 1. The van der Waals surface area contributed by atoms with Crippen LogP contribution in [-0.2, 0) is 0 Å². The number of nitrogens with one attached hydrogen (secondary N) is 2. The molecule has 0 aliphatic rings. The van der Waals surface area contributed by atoms with Crippen LogP contribution in [-0.4, -0.2) is 34.6 Å². The smallest absolute Gasteiger partial charge is 0.363 e. The first-order valence-corrected chi connectivity index (χ1v) is 7.06. The van der Waals surface area contributed by atoms with Gasteiger partial charge in [-0.05, 0) is 44.5 Å². The summed E-state index contributed by atoms with van der Waals surface area (Å²) in [6, 6.07) is 5.47. The lowest BCUT2D eigenvalue weighted by Gasteiger charge is -2.13. The van der Waals surface area contributed by atoms with Crippen molar-refractivity contribution in [2.45, 2.75) is 26.9 Å². The molecule has 23 heavy (non-hydrogen) atoms. The lowest BCUT2D eigenvalue weighted by atomic mass is 10.2. The Morgan fingerprint density at radius 3 is 2.83 bits per heavy atom. The fraction of sp³-hybridized carbons (Fsp3) is 0.333. The van der Waals surface area contributed by atoms with E-state index in [0.717, 1.165) is 5.56 Å². The van der Waals surface area contributed by atoms with E-state index in [4.69, 9.17) is 9.47 Å². The molecule has 0 bridgehead atoms. The Morgan fingerprint density at radius 1 is 1.35 bits per heavy atom. The number of nitrogens with zero attached hydrogens (tertiary/aromatic N) is 3. The Hall–Kier alpha value is -2.90. The summed E-state index contributed by atoms with van der Waals surface area (Å²) in [5.74, 6) is 1.59. The van der Waals surface area contributed by atoms with Gasteiger partial charge in [0.15, 0.2) is 17.3 Å². The van der Waals surface area contributed by atoms with E-state index in [9.17, 15) is 4.79 Å². The predicted molar refractivity (Wildman–Crippen MR) is 87.4 cm³/mol. The molecule has 122 valence electrons. The Bertz CT molecular complexity index is 755. The SMILES string of the molecule is COc1cc(C=NNc2nc(=O)[nH]nc2C)ccc1OC(C)C. The number of ether oxygens (including phenoxy) is 2. The number of aryl methyl sites for hydroxylation is 1. The molecule has 0 aliphatic heterocycles. The minimum Gasteiger partial charge on any atom is -0.493 e. The highest BCUT2D eigenvalue weighted by molar-refractivity contribution is 5.81. The van der Waals surface area contributed by atoms with Crippen LogP contribution in [0.25, 0.3) is 0 Å². The molecule has 1 heterocycles. The average Bonchev–Trinajstić information content (AvgIpc) is 2.51. The molecule has 0 atom stereocenters. The number of rotatable bonds is 6. The van der Waals surface area contributed by atoms with Crippen LogP contribution in [0.1, 0.15) is 25.1 Å². The van der Waals surface area contributed by atoms with Gasteiger partial charge in [0.2, 0.25) is 0 Å². The number of hydrogen-bond donors (Lipinski definition) is 2. The van der Waals surface area contributed by atoms with Crippen LogP contribution in [0.15, 0.2) is 28.1 Å². The molecule has 1 aromatic carbocycles. The number of hydrazone groups is 1. The first-order chi connectivity index (χ1) is 11.0. The van der Waals surface area contributed by atoms with Gasteiger partial charge in [-0.3, -0.25) is 5.43 Å². The normalized spacial score (nSPS) is 11.0. The van der Waals surface area contributed by atoms with Gasteiger partial charge in [0.25, 0.3) is 0 Å². The molecule has 2 N–H and O–H groups in total. The average molecular weight is 317 g/mol. The highest BCUT2D eigenvalue weighted by Gasteiger charge is 2.07. The van der Waals surface area contributed by atoms with Crippen LogP contribution in [0.5, 0.6) is 11.5 Å². The van der Waals surface area contributed by atoms with Gasteiger partial charge < -0.3 is 9.47 Å². The maximum absolute atomic E-state index is 11.1. The monoisotopic (exact) mass is 317 g/mol. The lowest BCUT2D eigenvalue weighted by molar-refractivity contribution is 0.230. The van der Waals surface area contributed by atoms with E-state index in [1.54, 1.807) is 26.3 Å². The molecule has 0 spiro atoms. The molecule has 0 fully saturated rings. The summed E-state index contributed by atoms with van der Waals surface area (Å²) in [6.45, 7) is 5.61. The topological polar surface area (TPSA) is 101 Å². The number of aromatic nitrogens is 3. The number of aromatic amines is 1. The van der Waals surface area contributed by atoms with E-state index in [1.165, 1.54) is 0 Å². The maximum atomic E-state index is 11.1. The summed E-state index contributed by atoms with van der Waals surface area (Å²) in [4.78, 5) is 14.9. The maximum Gasteiger partial charge on any atom is 0.363 e. The fourth-order valence-corrected chi connectivity index (χ4v) is 1.78. The molecule has 8 heteroatoms. The lowest BCUT2D eigenvalue weighted by Crippen LogP contribution is -2.15. The first-order valence-electron chi connectivity index (χ1n) is 7.06. The Morgan fingerprint density at radius 2 is 2.13 bits per heavy atom. The fourth-order valence-electron chi connectivity index (χ4n) is 1.78. The first kappa shape index (κ1) is 16.5. The molecule has 0 unspecified atom stereocenters. The summed E-state index contributed by atoms with van der Waals surface area (Å²) in [6.07, 6.45) is 1.65. The predicted octanol–water partition coefficient (Wildman–Crippen LogP) is 1.72. The molecule has 0 amide bonds. The van der Waals surface area contributed by atoms with Gasteiger partial charge in [-0.25, -0.2) is 9.89 Å². The molecule has 0 radical (unpaired) electrons. The Balaban J connectivity index is 2.13. The number of H-pyrrole nitrogens is 1. The summed E-state index contributed by atoms with van der Waals surface area (Å²) in [7, 11) is 1.58. The van der Waals surface area contributed by atoms with Crippen molar-refractivity contribution in [2.24, 2.45) is 5.10 Å². The van der Waals surface area contributed by atoms with Gasteiger partial charge in [0.1, 0.15) is 5.69 Å². The third kappa shape index (κ3) is 4.53. The molecular weight excluding hydrogens is 298 g/mol. The third-order valence-corrected chi connectivity index (χ3v) is 2.81. The van der Waals surface area contributed by atoms with Crippen LogP contribution >= 0.6 is 0 Å². The summed E-state index contributed by atoms with van der Waals surface area (Å²) in [5, 5.41) is 10.1. The second kappa shape index (κ2) is 7.39. The van der Waals surface area contributed by atoms with Crippen molar-refractivity contribution in [1.82, 2.24) is 15.2 Å². The zero-order valence-electron chi connectivity index (χ0n) is 13.5.